The van der Waals surface area contributed by atoms with Crippen molar-refractivity contribution in [3.63, 3.8) is 0 Å². The molecule has 4 rings (SSSR count). The molecule has 0 atom stereocenters. The number of nitrogens with one attached hydrogen (secondary N) is 2. The van der Waals surface area contributed by atoms with Crippen molar-refractivity contribution in [1.82, 2.24) is 20.2 Å². The van der Waals surface area contributed by atoms with Crippen molar-refractivity contribution in [1.29, 1.82) is 0 Å². The van der Waals surface area contributed by atoms with Crippen molar-refractivity contribution in [2.24, 2.45) is 0 Å². The fourth-order valence-corrected chi connectivity index (χ4v) is 4.18. The molecule has 8 nitrogen and oxygen atoms in total. The quantitative estimate of drug-likeness (QED) is 0.514. The minimum Gasteiger partial charge on any atom is -0.493 e. The molecule has 0 spiro atoms. The average molecular weight is 442 g/mol. The SMILES string of the molecule is COc1ccc(Nc2ccnc(CNC3CCOCC3)n2)cc1OCCCN1CCCC1. The topological polar surface area (TPSA) is 80.8 Å². The number of likely N-dealkylation sites (tertiary alicyclic amines) is 1. The summed E-state index contributed by atoms with van der Waals surface area (Å²) in [5, 5.41) is 6.90. The Morgan fingerprint density at radius 1 is 1.12 bits per heavy atom. The van der Waals surface area contributed by atoms with Crippen LogP contribution in [0.3, 0.4) is 0 Å². The van der Waals surface area contributed by atoms with E-state index < -0.39 is 0 Å². The molecule has 3 heterocycles. The van der Waals surface area contributed by atoms with Crippen LogP contribution in [0, 0.1) is 0 Å². The van der Waals surface area contributed by atoms with Crippen LogP contribution in [-0.2, 0) is 11.3 Å². The van der Waals surface area contributed by atoms with Crippen LogP contribution < -0.4 is 20.1 Å². The Labute approximate surface area is 190 Å². The summed E-state index contributed by atoms with van der Waals surface area (Å²) in [5.41, 5.74) is 0.905. The maximum Gasteiger partial charge on any atom is 0.163 e. The third kappa shape index (κ3) is 6.79. The smallest absolute Gasteiger partial charge is 0.163 e. The zero-order valence-electron chi connectivity index (χ0n) is 19.0. The Morgan fingerprint density at radius 3 is 2.78 bits per heavy atom. The van der Waals surface area contributed by atoms with Gasteiger partial charge < -0.3 is 29.7 Å². The number of hydrogen-bond donors (Lipinski definition) is 2. The summed E-state index contributed by atoms with van der Waals surface area (Å²) < 4.78 is 16.9. The van der Waals surface area contributed by atoms with Crippen LogP contribution in [0.2, 0.25) is 0 Å². The first-order valence-corrected chi connectivity index (χ1v) is 11.7. The van der Waals surface area contributed by atoms with Crippen LogP contribution >= 0.6 is 0 Å². The van der Waals surface area contributed by atoms with Crippen molar-refractivity contribution in [2.75, 3.05) is 51.9 Å². The predicted octanol–water partition coefficient (Wildman–Crippen LogP) is 3.36. The third-order valence-electron chi connectivity index (χ3n) is 5.99. The van der Waals surface area contributed by atoms with Crippen LogP contribution in [-0.4, -0.2) is 67.5 Å². The van der Waals surface area contributed by atoms with Gasteiger partial charge in [-0.05, 0) is 63.4 Å². The minimum absolute atomic E-state index is 0.468. The van der Waals surface area contributed by atoms with Gasteiger partial charge in [0.05, 0.1) is 20.3 Å². The number of methoxy groups -OCH3 is 1. The molecule has 2 aromatic rings. The van der Waals surface area contributed by atoms with E-state index >= 15 is 0 Å². The molecule has 0 radical (unpaired) electrons. The molecular formula is C24H35N5O3. The monoisotopic (exact) mass is 441 g/mol. The van der Waals surface area contributed by atoms with E-state index in [0.29, 0.717) is 19.2 Å². The lowest BCUT2D eigenvalue weighted by Gasteiger charge is -2.22. The largest absolute Gasteiger partial charge is 0.493 e. The van der Waals surface area contributed by atoms with Gasteiger partial charge in [-0.1, -0.05) is 0 Å². The number of benzene rings is 1. The van der Waals surface area contributed by atoms with Gasteiger partial charge in [0, 0.05) is 43.8 Å². The molecule has 0 unspecified atom stereocenters. The van der Waals surface area contributed by atoms with E-state index in [1.54, 1.807) is 13.3 Å². The Hall–Kier alpha value is -2.42. The van der Waals surface area contributed by atoms with Gasteiger partial charge in [-0.15, -0.1) is 0 Å². The number of anilines is 2. The second-order valence-electron chi connectivity index (χ2n) is 8.37. The lowest BCUT2D eigenvalue weighted by molar-refractivity contribution is 0.0774. The maximum atomic E-state index is 6.05. The molecule has 32 heavy (non-hydrogen) atoms. The average Bonchev–Trinajstić information content (AvgIpc) is 3.35. The van der Waals surface area contributed by atoms with Crippen LogP contribution in [0.25, 0.3) is 0 Å². The lowest BCUT2D eigenvalue weighted by Crippen LogP contribution is -2.34. The second-order valence-corrected chi connectivity index (χ2v) is 8.37. The molecule has 2 saturated heterocycles. The molecule has 8 heteroatoms. The fourth-order valence-electron chi connectivity index (χ4n) is 4.18. The van der Waals surface area contributed by atoms with Gasteiger partial charge in [0.2, 0.25) is 0 Å². The summed E-state index contributed by atoms with van der Waals surface area (Å²) in [5.74, 6) is 3.01. The third-order valence-corrected chi connectivity index (χ3v) is 5.99. The van der Waals surface area contributed by atoms with E-state index in [9.17, 15) is 0 Å². The van der Waals surface area contributed by atoms with Crippen LogP contribution in [0.5, 0.6) is 11.5 Å². The minimum atomic E-state index is 0.468. The van der Waals surface area contributed by atoms with Crippen molar-refractivity contribution >= 4 is 11.5 Å². The van der Waals surface area contributed by atoms with Gasteiger partial charge in [0.15, 0.2) is 11.5 Å². The van der Waals surface area contributed by atoms with E-state index in [1.165, 1.54) is 25.9 Å². The standard InChI is InChI=1S/C24H35N5O3/c1-30-21-6-5-20(17-22(21)32-14-4-13-29-11-2-3-12-29)27-23-7-10-25-24(28-23)18-26-19-8-15-31-16-9-19/h5-7,10,17,19,26H,2-4,8-9,11-16,18H2,1H3,(H,25,27,28). The van der Waals surface area contributed by atoms with E-state index in [1.807, 2.05) is 24.3 Å². The normalized spacial score (nSPS) is 17.4. The first-order chi connectivity index (χ1) is 15.8. The highest BCUT2D eigenvalue weighted by Crippen LogP contribution is 2.31. The molecule has 1 aromatic carbocycles. The van der Waals surface area contributed by atoms with Gasteiger partial charge in [-0.3, -0.25) is 0 Å². The van der Waals surface area contributed by atoms with E-state index in [4.69, 9.17) is 14.2 Å². The lowest BCUT2D eigenvalue weighted by atomic mass is 10.1. The van der Waals surface area contributed by atoms with Gasteiger partial charge in [0.1, 0.15) is 11.6 Å². The summed E-state index contributed by atoms with van der Waals surface area (Å²) in [4.78, 5) is 11.6. The fraction of sp³-hybridized carbons (Fsp3) is 0.583. The van der Waals surface area contributed by atoms with Gasteiger partial charge in [-0.2, -0.15) is 0 Å². The zero-order chi connectivity index (χ0) is 22.0. The van der Waals surface area contributed by atoms with Crippen molar-refractivity contribution < 1.29 is 14.2 Å². The molecule has 1 aromatic heterocycles. The van der Waals surface area contributed by atoms with Crippen molar-refractivity contribution in [3.8, 4) is 11.5 Å². The molecule has 0 bridgehead atoms. The Morgan fingerprint density at radius 2 is 1.97 bits per heavy atom. The molecule has 2 aliphatic rings. The maximum absolute atomic E-state index is 6.05. The zero-order valence-corrected chi connectivity index (χ0v) is 19.0. The molecule has 0 aliphatic carbocycles. The van der Waals surface area contributed by atoms with Crippen molar-refractivity contribution in [2.45, 2.75) is 44.7 Å². The summed E-state index contributed by atoms with van der Waals surface area (Å²) in [6.07, 6.45) is 7.50. The van der Waals surface area contributed by atoms with Gasteiger partial charge in [-0.25, -0.2) is 9.97 Å². The first kappa shape index (κ1) is 22.8. The second kappa shape index (κ2) is 12.0. The predicted molar refractivity (Wildman–Crippen MR) is 125 cm³/mol. The van der Waals surface area contributed by atoms with E-state index in [0.717, 1.165) is 67.8 Å². The summed E-state index contributed by atoms with van der Waals surface area (Å²) in [6.45, 7) is 6.48. The van der Waals surface area contributed by atoms with Gasteiger partial charge >= 0.3 is 0 Å². The first-order valence-electron chi connectivity index (χ1n) is 11.7. The highest BCUT2D eigenvalue weighted by molar-refractivity contribution is 5.61. The van der Waals surface area contributed by atoms with Crippen LogP contribution in [0.1, 0.15) is 37.9 Å². The molecule has 174 valence electrons. The Kier molecular flexibility index (Phi) is 8.53. The van der Waals surface area contributed by atoms with Crippen LogP contribution in [0.15, 0.2) is 30.5 Å². The summed E-state index contributed by atoms with van der Waals surface area (Å²) in [6, 6.07) is 8.20. The number of ether oxygens (including phenoxy) is 3. The highest BCUT2D eigenvalue weighted by Gasteiger charge is 2.14. The number of rotatable bonds is 11. The number of hydrogen-bond acceptors (Lipinski definition) is 8. The highest BCUT2D eigenvalue weighted by atomic mass is 16.5. The number of aromatic nitrogens is 2. The molecule has 0 amide bonds. The van der Waals surface area contributed by atoms with Crippen LogP contribution in [0.4, 0.5) is 11.5 Å². The Balaban J connectivity index is 1.31. The van der Waals surface area contributed by atoms with Crippen molar-refractivity contribution in [3.05, 3.63) is 36.3 Å². The van der Waals surface area contributed by atoms with E-state index in [2.05, 4.69) is 25.5 Å². The number of nitrogens with zero attached hydrogens (tertiary/aromatic N) is 3. The molecule has 2 fully saturated rings. The molecule has 2 aliphatic heterocycles. The summed E-state index contributed by atoms with van der Waals surface area (Å²) >= 11 is 0. The van der Waals surface area contributed by atoms with Gasteiger partial charge in [0.25, 0.3) is 0 Å². The van der Waals surface area contributed by atoms with E-state index in [-0.39, 0.29) is 0 Å². The molecule has 0 saturated carbocycles. The summed E-state index contributed by atoms with van der Waals surface area (Å²) in [7, 11) is 1.67. The molecule has 2 N–H and O–H groups in total. The Bertz CT molecular complexity index is 838. The molecular weight excluding hydrogens is 406 g/mol.